The number of aliphatic hydroxyl groups excluding tert-OH is 1. The van der Waals surface area contributed by atoms with Gasteiger partial charge < -0.3 is 19.3 Å². The first-order chi connectivity index (χ1) is 10.4. The van der Waals surface area contributed by atoms with Crippen LogP contribution in [0.1, 0.15) is 21.9 Å². The lowest BCUT2D eigenvalue weighted by molar-refractivity contribution is 0.0483. The Morgan fingerprint density at radius 2 is 2.00 bits per heavy atom. The highest BCUT2D eigenvalue weighted by Crippen LogP contribution is 2.15. The van der Waals surface area contributed by atoms with Crippen LogP contribution in [-0.2, 0) is 0 Å². The molecule has 6 nitrogen and oxygen atoms in total. The zero-order valence-corrected chi connectivity index (χ0v) is 14.0. The van der Waals surface area contributed by atoms with Crippen molar-refractivity contribution in [1.82, 2.24) is 14.7 Å². The summed E-state index contributed by atoms with van der Waals surface area (Å²) in [4.78, 5) is 18.4. The summed E-state index contributed by atoms with van der Waals surface area (Å²) in [5, 5.41) is 10.2. The monoisotopic (exact) mass is 309 g/mol. The molecule has 22 heavy (non-hydrogen) atoms. The Morgan fingerprint density at radius 3 is 2.55 bits per heavy atom. The van der Waals surface area contributed by atoms with E-state index in [9.17, 15) is 9.90 Å². The number of amides is 1. The van der Waals surface area contributed by atoms with Crippen molar-refractivity contribution in [2.45, 2.75) is 20.0 Å². The molecule has 1 aliphatic rings. The van der Waals surface area contributed by atoms with Gasteiger partial charge in [-0.2, -0.15) is 0 Å². The van der Waals surface area contributed by atoms with Gasteiger partial charge in [0.15, 0.2) is 5.76 Å². The first kappa shape index (κ1) is 17.0. The second-order valence-corrected chi connectivity index (χ2v) is 6.31. The molecule has 1 aromatic heterocycles. The van der Waals surface area contributed by atoms with Crippen molar-refractivity contribution in [2.75, 3.05) is 53.4 Å². The van der Waals surface area contributed by atoms with Gasteiger partial charge in [-0.05, 0) is 27.0 Å². The fourth-order valence-electron chi connectivity index (χ4n) is 2.81. The summed E-state index contributed by atoms with van der Waals surface area (Å²) in [5.41, 5.74) is 0.836. The third-order valence-electron chi connectivity index (χ3n) is 4.13. The molecule has 1 unspecified atom stereocenters. The van der Waals surface area contributed by atoms with E-state index in [0.717, 1.165) is 37.5 Å². The summed E-state index contributed by atoms with van der Waals surface area (Å²) in [5.74, 6) is 0.919. The number of likely N-dealkylation sites (N-methyl/N-ethyl adjacent to an activating group) is 2. The molecular weight excluding hydrogens is 282 g/mol. The van der Waals surface area contributed by atoms with Gasteiger partial charge in [-0.15, -0.1) is 0 Å². The molecule has 124 valence electrons. The molecule has 2 heterocycles. The molecule has 1 atom stereocenters. The Kier molecular flexibility index (Phi) is 5.61. The second-order valence-electron chi connectivity index (χ2n) is 6.31. The molecule has 2 rings (SSSR count). The number of nitrogens with zero attached hydrogens (tertiary/aromatic N) is 3. The fourth-order valence-corrected chi connectivity index (χ4v) is 2.81. The number of rotatable bonds is 5. The van der Waals surface area contributed by atoms with E-state index in [1.807, 2.05) is 19.9 Å². The maximum absolute atomic E-state index is 12.4. The highest BCUT2D eigenvalue weighted by atomic mass is 16.4. The molecule has 0 radical (unpaired) electrons. The average molecular weight is 309 g/mol. The van der Waals surface area contributed by atoms with E-state index in [0.29, 0.717) is 18.8 Å². The highest BCUT2D eigenvalue weighted by molar-refractivity contribution is 5.92. The number of aliphatic hydroxyl groups is 1. The summed E-state index contributed by atoms with van der Waals surface area (Å²) in [6, 6.07) is 1.85. The largest absolute Gasteiger partial charge is 0.456 e. The number of piperazine rings is 1. The minimum absolute atomic E-state index is 0.178. The Hall–Kier alpha value is -1.37. The number of carbonyl (C=O) groups excluding carboxylic acids is 1. The van der Waals surface area contributed by atoms with E-state index in [-0.39, 0.29) is 5.91 Å². The van der Waals surface area contributed by atoms with E-state index in [1.54, 1.807) is 7.05 Å². The minimum atomic E-state index is -0.547. The van der Waals surface area contributed by atoms with Gasteiger partial charge in [-0.3, -0.25) is 9.69 Å². The first-order valence-electron chi connectivity index (χ1n) is 7.78. The van der Waals surface area contributed by atoms with Crippen molar-refractivity contribution in [2.24, 2.45) is 0 Å². The van der Waals surface area contributed by atoms with Crippen molar-refractivity contribution < 1.29 is 14.3 Å². The zero-order valence-electron chi connectivity index (χ0n) is 14.0. The lowest BCUT2D eigenvalue weighted by Crippen LogP contribution is -2.49. The predicted octanol–water partition coefficient (Wildman–Crippen LogP) is 0.577. The molecule has 1 aliphatic heterocycles. The molecule has 0 bridgehead atoms. The quantitative estimate of drug-likeness (QED) is 0.862. The normalized spacial score (nSPS) is 18.4. The molecule has 1 N–H and O–H groups in total. The van der Waals surface area contributed by atoms with E-state index >= 15 is 0 Å². The van der Waals surface area contributed by atoms with Crippen molar-refractivity contribution in [3.8, 4) is 0 Å². The van der Waals surface area contributed by atoms with Gasteiger partial charge >= 0.3 is 0 Å². The molecule has 0 aromatic carbocycles. The SMILES string of the molecule is Cc1cc(C)c(C(=O)N(C)CC(O)CN2CCN(C)CC2)o1. The average Bonchev–Trinajstić information content (AvgIpc) is 2.79. The Labute approximate surface area is 132 Å². The summed E-state index contributed by atoms with van der Waals surface area (Å²) in [6.07, 6.45) is -0.547. The minimum Gasteiger partial charge on any atom is -0.456 e. The van der Waals surface area contributed by atoms with Crippen LogP contribution in [-0.4, -0.2) is 85.2 Å². The summed E-state index contributed by atoms with van der Waals surface area (Å²) in [7, 11) is 3.81. The summed E-state index contributed by atoms with van der Waals surface area (Å²) >= 11 is 0. The van der Waals surface area contributed by atoms with Crippen molar-refractivity contribution in [3.05, 3.63) is 23.2 Å². The third kappa shape index (κ3) is 4.32. The zero-order chi connectivity index (χ0) is 16.3. The van der Waals surface area contributed by atoms with Crippen LogP contribution in [0.2, 0.25) is 0 Å². The number of hydrogen-bond donors (Lipinski definition) is 1. The lowest BCUT2D eigenvalue weighted by Gasteiger charge is -2.34. The van der Waals surface area contributed by atoms with Gasteiger partial charge in [0.05, 0.1) is 6.10 Å². The van der Waals surface area contributed by atoms with Crippen molar-refractivity contribution in [1.29, 1.82) is 0 Å². The number of aryl methyl sites for hydroxylation is 2. The van der Waals surface area contributed by atoms with Crippen LogP contribution in [0.25, 0.3) is 0 Å². The van der Waals surface area contributed by atoms with Crippen LogP contribution in [0, 0.1) is 13.8 Å². The molecule has 0 saturated carbocycles. The number of carbonyl (C=O) groups is 1. The Bertz CT molecular complexity index is 507. The highest BCUT2D eigenvalue weighted by Gasteiger charge is 2.23. The van der Waals surface area contributed by atoms with Gasteiger partial charge in [-0.1, -0.05) is 0 Å². The van der Waals surface area contributed by atoms with Gasteiger partial charge in [-0.25, -0.2) is 0 Å². The summed E-state index contributed by atoms with van der Waals surface area (Å²) in [6.45, 7) is 8.55. The maximum Gasteiger partial charge on any atom is 0.289 e. The third-order valence-corrected chi connectivity index (χ3v) is 4.13. The van der Waals surface area contributed by atoms with Crippen LogP contribution in [0.15, 0.2) is 10.5 Å². The first-order valence-corrected chi connectivity index (χ1v) is 7.78. The predicted molar refractivity (Wildman–Crippen MR) is 85.1 cm³/mol. The van der Waals surface area contributed by atoms with E-state index in [1.165, 1.54) is 4.90 Å². The maximum atomic E-state index is 12.4. The fraction of sp³-hybridized carbons (Fsp3) is 0.688. The Morgan fingerprint density at radius 1 is 1.36 bits per heavy atom. The van der Waals surface area contributed by atoms with Crippen LogP contribution in [0.3, 0.4) is 0 Å². The molecule has 1 aromatic rings. The van der Waals surface area contributed by atoms with Crippen LogP contribution >= 0.6 is 0 Å². The Balaban J connectivity index is 1.84. The lowest BCUT2D eigenvalue weighted by atomic mass is 10.2. The molecule has 1 fully saturated rings. The van der Waals surface area contributed by atoms with Crippen LogP contribution in [0.5, 0.6) is 0 Å². The topological polar surface area (TPSA) is 60.2 Å². The van der Waals surface area contributed by atoms with E-state index in [2.05, 4.69) is 16.8 Å². The van der Waals surface area contributed by atoms with Crippen LogP contribution < -0.4 is 0 Å². The van der Waals surface area contributed by atoms with Gasteiger partial charge in [0, 0.05) is 51.9 Å². The molecule has 6 heteroatoms. The molecule has 0 aliphatic carbocycles. The van der Waals surface area contributed by atoms with Crippen molar-refractivity contribution in [3.63, 3.8) is 0 Å². The molecular formula is C16H27N3O3. The summed E-state index contributed by atoms with van der Waals surface area (Å²) < 4.78 is 5.45. The van der Waals surface area contributed by atoms with Gasteiger partial charge in [0.25, 0.3) is 5.91 Å². The van der Waals surface area contributed by atoms with Gasteiger partial charge in [0.1, 0.15) is 5.76 Å². The molecule has 0 spiro atoms. The number of β-amino-alcohol motifs (C(OH)–C–C–N with tert-alkyl or cyclic N) is 1. The van der Waals surface area contributed by atoms with Crippen molar-refractivity contribution >= 4 is 5.91 Å². The number of furan rings is 1. The van der Waals surface area contributed by atoms with E-state index < -0.39 is 6.10 Å². The molecule has 1 amide bonds. The smallest absolute Gasteiger partial charge is 0.289 e. The van der Waals surface area contributed by atoms with Gasteiger partial charge in [0.2, 0.25) is 0 Å². The molecule has 1 saturated heterocycles. The number of hydrogen-bond acceptors (Lipinski definition) is 5. The second kappa shape index (κ2) is 7.26. The van der Waals surface area contributed by atoms with E-state index in [4.69, 9.17) is 4.42 Å². The standard InChI is InChI=1S/C16H27N3O3/c1-12-9-13(2)22-15(12)16(21)18(4)10-14(20)11-19-7-5-17(3)6-8-19/h9,14,20H,5-8,10-11H2,1-4H3. The van der Waals surface area contributed by atoms with Crippen LogP contribution in [0.4, 0.5) is 0 Å².